The summed E-state index contributed by atoms with van der Waals surface area (Å²) in [7, 11) is 0. The van der Waals surface area contributed by atoms with Gasteiger partial charge in [-0.1, -0.05) is 30.3 Å². The predicted molar refractivity (Wildman–Crippen MR) is 116 cm³/mol. The average Bonchev–Trinajstić information content (AvgIpc) is 3.28. The minimum Gasteiger partial charge on any atom is -0.349 e. The summed E-state index contributed by atoms with van der Waals surface area (Å²) in [5, 5.41) is 4.39. The number of benzene rings is 1. The number of fused-ring (bicyclic) bond motifs is 1. The Labute approximate surface area is 170 Å². The number of hydrogen-bond acceptors (Lipinski definition) is 4. The molecule has 5 heteroatoms. The summed E-state index contributed by atoms with van der Waals surface area (Å²) in [6.45, 7) is 9.35. The van der Waals surface area contributed by atoms with Crippen molar-refractivity contribution >= 4 is 27.5 Å². The van der Waals surface area contributed by atoms with Crippen molar-refractivity contribution in [1.82, 2.24) is 15.2 Å². The van der Waals surface area contributed by atoms with Gasteiger partial charge in [-0.2, -0.15) is 0 Å². The van der Waals surface area contributed by atoms with Crippen molar-refractivity contribution in [3.63, 3.8) is 0 Å². The fourth-order valence-electron chi connectivity index (χ4n) is 4.22. The van der Waals surface area contributed by atoms with Crippen LogP contribution in [0.15, 0.2) is 42.6 Å². The second-order valence-corrected chi connectivity index (χ2v) is 8.89. The van der Waals surface area contributed by atoms with E-state index in [0.717, 1.165) is 46.7 Å². The molecule has 0 saturated carbocycles. The number of hydrogen-bond donors (Lipinski definition) is 1. The van der Waals surface area contributed by atoms with E-state index in [1.54, 1.807) is 0 Å². The molecule has 1 aliphatic rings. The smallest absolute Gasteiger partial charge is 0.261 e. The zero-order chi connectivity index (χ0) is 19.7. The largest absolute Gasteiger partial charge is 0.349 e. The van der Waals surface area contributed by atoms with E-state index in [0.29, 0.717) is 5.92 Å². The Balaban J connectivity index is 1.40. The molecule has 1 saturated heterocycles. The van der Waals surface area contributed by atoms with Gasteiger partial charge < -0.3 is 5.32 Å². The summed E-state index contributed by atoms with van der Waals surface area (Å²) in [5.74, 6) is 0.524. The molecule has 1 aromatic carbocycles. The maximum absolute atomic E-state index is 12.9. The number of carbonyl (C=O) groups excluding carboxylic acids is 1. The summed E-state index contributed by atoms with van der Waals surface area (Å²) in [4.78, 5) is 21.6. The third-order valence-electron chi connectivity index (χ3n) is 5.87. The van der Waals surface area contributed by atoms with Crippen LogP contribution in [0.4, 0.5) is 0 Å². The highest BCUT2D eigenvalue weighted by molar-refractivity contribution is 7.20. The Kier molecular flexibility index (Phi) is 5.47. The fraction of sp³-hybridized carbons (Fsp3) is 0.391. The third kappa shape index (κ3) is 3.82. The van der Waals surface area contributed by atoms with E-state index in [9.17, 15) is 4.79 Å². The van der Waals surface area contributed by atoms with Crippen LogP contribution in [0.2, 0.25) is 0 Å². The molecular weight excluding hydrogens is 366 g/mol. The Morgan fingerprint density at radius 3 is 2.82 bits per heavy atom. The maximum Gasteiger partial charge on any atom is 0.261 e. The van der Waals surface area contributed by atoms with Gasteiger partial charge in [0, 0.05) is 30.7 Å². The Hall–Kier alpha value is -2.24. The van der Waals surface area contributed by atoms with E-state index in [2.05, 4.69) is 59.4 Å². The molecule has 0 spiro atoms. The molecule has 1 fully saturated rings. The van der Waals surface area contributed by atoms with E-state index in [-0.39, 0.29) is 11.9 Å². The molecule has 0 bridgehead atoms. The quantitative estimate of drug-likeness (QED) is 0.691. The van der Waals surface area contributed by atoms with Crippen molar-refractivity contribution in [2.24, 2.45) is 5.92 Å². The maximum atomic E-state index is 12.9. The molecule has 3 aromatic rings. The van der Waals surface area contributed by atoms with Gasteiger partial charge in [-0.15, -0.1) is 11.3 Å². The topological polar surface area (TPSA) is 45.2 Å². The molecule has 0 radical (unpaired) electrons. The first-order valence-electron chi connectivity index (χ1n) is 9.94. The van der Waals surface area contributed by atoms with Gasteiger partial charge in [0.2, 0.25) is 0 Å². The van der Waals surface area contributed by atoms with Crippen LogP contribution >= 0.6 is 11.3 Å². The molecule has 3 heterocycles. The number of nitrogens with one attached hydrogen (secondary N) is 1. The van der Waals surface area contributed by atoms with Gasteiger partial charge in [-0.05, 0) is 62.4 Å². The normalized spacial score (nSPS) is 18.5. The van der Waals surface area contributed by atoms with Gasteiger partial charge in [0.25, 0.3) is 5.91 Å². The first-order valence-corrected chi connectivity index (χ1v) is 10.8. The van der Waals surface area contributed by atoms with Crippen LogP contribution in [-0.4, -0.2) is 34.9 Å². The Morgan fingerprint density at radius 2 is 2.07 bits per heavy atom. The molecule has 1 amide bonds. The number of carbonyl (C=O) groups is 1. The number of aromatic nitrogens is 1. The van der Waals surface area contributed by atoms with Crippen LogP contribution in [-0.2, 0) is 6.54 Å². The molecule has 2 unspecified atom stereocenters. The SMILES string of the molecule is Cc1ccnc2sc(C(=O)NC(C)C3CCN(Cc4ccccc4)C3)c(C)c12. The van der Waals surface area contributed by atoms with Crippen LogP contribution in [0.5, 0.6) is 0 Å². The lowest BCUT2D eigenvalue weighted by Crippen LogP contribution is -2.39. The monoisotopic (exact) mass is 393 g/mol. The van der Waals surface area contributed by atoms with Crippen molar-refractivity contribution in [1.29, 1.82) is 0 Å². The van der Waals surface area contributed by atoms with Crippen molar-refractivity contribution in [3.05, 3.63) is 64.2 Å². The van der Waals surface area contributed by atoms with Crippen molar-refractivity contribution in [3.8, 4) is 0 Å². The molecule has 1 N–H and O–H groups in total. The number of nitrogens with zero attached hydrogens (tertiary/aromatic N) is 2. The van der Waals surface area contributed by atoms with Gasteiger partial charge >= 0.3 is 0 Å². The zero-order valence-corrected chi connectivity index (χ0v) is 17.6. The first-order chi connectivity index (χ1) is 13.5. The number of pyridine rings is 1. The Bertz CT molecular complexity index is 982. The first kappa shape index (κ1) is 19.1. The standard InChI is InChI=1S/C23H27N3OS/c1-15-9-11-24-23-20(15)16(2)21(28-23)22(27)25-17(3)19-10-12-26(14-19)13-18-7-5-4-6-8-18/h4-9,11,17,19H,10,12-14H2,1-3H3,(H,25,27). The van der Waals surface area contributed by atoms with E-state index in [1.807, 2.05) is 19.2 Å². The lowest BCUT2D eigenvalue weighted by atomic mass is 10.0. The van der Waals surface area contributed by atoms with Crippen LogP contribution in [0.3, 0.4) is 0 Å². The lowest BCUT2D eigenvalue weighted by molar-refractivity contribution is 0.0930. The third-order valence-corrected chi connectivity index (χ3v) is 7.07. The number of rotatable bonds is 5. The number of amides is 1. The predicted octanol–water partition coefficient (Wildman–Crippen LogP) is 4.55. The molecule has 1 aliphatic heterocycles. The van der Waals surface area contributed by atoms with E-state index in [4.69, 9.17) is 0 Å². The highest BCUT2D eigenvalue weighted by atomic mass is 32.1. The second kappa shape index (κ2) is 8.02. The molecule has 2 atom stereocenters. The van der Waals surface area contributed by atoms with E-state index < -0.39 is 0 Å². The fourth-order valence-corrected chi connectivity index (χ4v) is 5.35. The van der Waals surface area contributed by atoms with Gasteiger partial charge in [0.15, 0.2) is 0 Å². The summed E-state index contributed by atoms with van der Waals surface area (Å²) < 4.78 is 0. The van der Waals surface area contributed by atoms with Crippen molar-refractivity contribution in [2.45, 2.75) is 39.8 Å². The van der Waals surface area contributed by atoms with Crippen molar-refractivity contribution in [2.75, 3.05) is 13.1 Å². The minimum absolute atomic E-state index is 0.0360. The van der Waals surface area contributed by atoms with Crippen LogP contribution in [0.1, 0.15) is 39.7 Å². The molecule has 146 valence electrons. The Morgan fingerprint density at radius 1 is 1.29 bits per heavy atom. The van der Waals surface area contributed by atoms with Crippen LogP contribution in [0, 0.1) is 19.8 Å². The lowest BCUT2D eigenvalue weighted by Gasteiger charge is -2.21. The molecule has 4 nitrogen and oxygen atoms in total. The van der Waals surface area contributed by atoms with Gasteiger partial charge in [0.05, 0.1) is 4.88 Å². The molecule has 4 rings (SSSR count). The second-order valence-electron chi connectivity index (χ2n) is 7.90. The average molecular weight is 394 g/mol. The number of likely N-dealkylation sites (tertiary alicyclic amines) is 1. The molecule has 0 aliphatic carbocycles. The van der Waals surface area contributed by atoms with E-state index >= 15 is 0 Å². The van der Waals surface area contributed by atoms with Crippen LogP contribution < -0.4 is 5.32 Å². The molecular formula is C23H27N3OS. The summed E-state index contributed by atoms with van der Waals surface area (Å²) in [6.07, 6.45) is 2.94. The van der Waals surface area contributed by atoms with Crippen LogP contribution in [0.25, 0.3) is 10.2 Å². The molecule has 2 aromatic heterocycles. The van der Waals surface area contributed by atoms with Gasteiger partial charge in [0.1, 0.15) is 4.83 Å². The summed E-state index contributed by atoms with van der Waals surface area (Å²) in [6, 6.07) is 12.8. The number of thiophene rings is 1. The highest BCUT2D eigenvalue weighted by Gasteiger charge is 2.29. The minimum atomic E-state index is 0.0360. The van der Waals surface area contributed by atoms with Gasteiger partial charge in [-0.3, -0.25) is 9.69 Å². The summed E-state index contributed by atoms with van der Waals surface area (Å²) in [5.41, 5.74) is 3.58. The van der Waals surface area contributed by atoms with Gasteiger partial charge in [-0.25, -0.2) is 4.98 Å². The molecule has 28 heavy (non-hydrogen) atoms. The highest BCUT2D eigenvalue weighted by Crippen LogP contribution is 2.31. The number of aryl methyl sites for hydroxylation is 2. The summed E-state index contributed by atoms with van der Waals surface area (Å²) >= 11 is 1.50. The van der Waals surface area contributed by atoms with Crippen molar-refractivity contribution < 1.29 is 4.79 Å². The zero-order valence-electron chi connectivity index (χ0n) is 16.7. The van der Waals surface area contributed by atoms with E-state index in [1.165, 1.54) is 22.5 Å².